The summed E-state index contributed by atoms with van der Waals surface area (Å²) in [6.45, 7) is 0.906. The SMILES string of the molecule is CN(CCOc1ccc(Cl)cc1)C(=O)Nc1cccc(C2SCCCS2)c1. The first kappa shape index (κ1) is 20.2. The summed E-state index contributed by atoms with van der Waals surface area (Å²) in [6, 6.07) is 15.2. The molecule has 4 nitrogen and oxygen atoms in total. The summed E-state index contributed by atoms with van der Waals surface area (Å²) in [5, 5.41) is 3.65. The first-order valence-electron chi connectivity index (χ1n) is 8.85. The van der Waals surface area contributed by atoms with Gasteiger partial charge in [-0.2, -0.15) is 0 Å². The van der Waals surface area contributed by atoms with Crippen LogP contribution in [0.25, 0.3) is 0 Å². The smallest absolute Gasteiger partial charge is 0.321 e. The minimum atomic E-state index is -0.143. The zero-order valence-corrected chi connectivity index (χ0v) is 17.6. The molecule has 0 saturated carbocycles. The number of carbonyl (C=O) groups is 1. The van der Waals surface area contributed by atoms with E-state index in [0.717, 1.165) is 11.4 Å². The van der Waals surface area contributed by atoms with Crippen LogP contribution in [0.2, 0.25) is 5.02 Å². The van der Waals surface area contributed by atoms with Crippen molar-refractivity contribution in [1.29, 1.82) is 0 Å². The largest absolute Gasteiger partial charge is 0.492 e. The normalized spacial score (nSPS) is 14.6. The lowest BCUT2D eigenvalue weighted by Gasteiger charge is -2.22. The van der Waals surface area contributed by atoms with Gasteiger partial charge in [0.1, 0.15) is 12.4 Å². The summed E-state index contributed by atoms with van der Waals surface area (Å²) in [6.07, 6.45) is 1.27. The monoisotopic (exact) mass is 422 g/mol. The van der Waals surface area contributed by atoms with Crippen molar-refractivity contribution in [3.63, 3.8) is 0 Å². The predicted molar refractivity (Wildman–Crippen MR) is 117 cm³/mol. The van der Waals surface area contributed by atoms with E-state index in [4.69, 9.17) is 16.3 Å². The van der Waals surface area contributed by atoms with Crippen molar-refractivity contribution >= 4 is 46.8 Å². The van der Waals surface area contributed by atoms with Gasteiger partial charge in [0.2, 0.25) is 0 Å². The number of carbonyl (C=O) groups excluding carboxylic acids is 1. The maximum absolute atomic E-state index is 12.4. The Hall–Kier alpha value is -1.50. The van der Waals surface area contributed by atoms with Crippen LogP contribution in [0.4, 0.5) is 10.5 Å². The fraction of sp³-hybridized carbons (Fsp3) is 0.350. The Balaban J connectivity index is 1.48. The van der Waals surface area contributed by atoms with Crippen molar-refractivity contribution in [3.8, 4) is 5.75 Å². The number of hydrogen-bond donors (Lipinski definition) is 1. The van der Waals surface area contributed by atoms with Gasteiger partial charge in [0, 0.05) is 17.8 Å². The van der Waals surface area contributed by atoms with Gasteiger partial charge in [-0.25, -0.2) is 4.79 Å². The quantitative estimate of drug-likeness (QED) is 0.643. The van der Waals surface area contributed by atoms with E-state index in [0.29, 0.717) is 22.8 Å². The highest BCUT2D eigenvalue weighted by atomic mass is 35.5. The van der Waals surface area contributed by atoms with Crippen molar-refractivity contribution < 1.29 is 9.53 Å². The lowest BCUT2D eigenvalue weighted by atomic mass is 10.2. The maximum atomic E-state index is 12.4. The Kier molecular flexibility index (Phi) is 7.61. The second kappa shape index (κ2) is 10.2. The van der Waals surface area contributed by atoms with E-state index < -0.39 is 0 Å². The number of nitrogens with zero attached hydrogens (tertiary/aromatic N) is 1. The molecule has 1 fully saturated rings. The van der Waals surface area contributed by atoms with E-state index in [9.17, 15) is 4.79 Å². The molecule has 1 N–H and O–H groups in total. The van der Waals surface area contributed by atoms with E-state index in [2.05, 4.69) is 17.4 Å². The van der Waals surface area contributed by atoms with Crippen LogP contribution in [0, 0.1) is 0 Å². The van der Waals surface area contributed by atoms with Crippen LogP contribution in [-0.4, -0.2) is 42.6 Å². The topological polar surface area (TPSA) is 41.6 Å². The number of urea groups is 1. The maximum Gasteiger partial charge on any atom is 0.321 e. The van der Waals surface area contributed by atoms with Gasteiger partial charge in [-0.1, -0.05) is 23.7 Å². The molecule has 0 radical (unpaired) electrons. The van der Waals surface area contributed by atoms with Crippen molar-refractivity contribution in [2.24, 2.45) is 0 Å². The van der Waals surface area contributed by atoms with Crippen LogP contribution in [0.3, 0.4) is 0 Å². The van der Waals surface area contributed by atoms with Crippen molar-refractivity contribution in [1.82, 2.24) is 4.90 Å². The van der Waals surface area contributed by atoms with Gasteiger partial charge < -0.3 is 15.0 Å². The Bertz CT molecular complexity index is 752. The number of hydrogen-bond acceptors (Lipinski definition) is 4. The third-order valence-corrected chi connectivity index (χ3v) is 7.36. The fourth-order valence-corrected chi connectivity index (χ4v) is 5.59. The third kappa shape index (κ3) is 6.26. The van der Waals surface area contributed by atoms with E-state index in [1.165, 1.54) is 23.5 Å². The highest BCUT2D eigenvalue weighted by molar-refractivity contribution is 8.16. The van der Waals surface area contributed by atoms with E-state index in [1.54, 1.807) is 24.1 Å². The summed E-state index contributed by atoms with van der Waals surface area (Å²) in [5.74, 6) is 3.14. The van der Waals surface area contributed by atoms with Crippen molar-refractivity contribution in [2.45, 2.75) is 11.0 Å². The minimum absolute atomic E-state index is 0.143. The molecule has 27 heavy (non-hydrogen) atoms. The van der Waals surface area contributed by atoms with Gasteiger partial charge in [0.05, 0.1) is 11.1 Å². The highest BCUT2D eigenvalue weighted by Crippen LogP contribution is 2.44. The van der Waals surface area contributed by atoms with Crippen LogP contribution in [0.5, 0.6) is 5.75 Å². The number of benzene rings is 2. The molecule has 1 aliphatic rings. The predicted octanol–water partition coefficient (Wildman–Crippen LogP) is 5.75. The van der Waals surface area contributed by atoms with Crippen LogP contribution < -0.4 is 10.1 Å². The second-order valence-electron chi connectivity index (χ2n) is 6.21. The van der Waals surface area contributed by atoms with Gasteiger partial charge in [-0.05, 0) is 59.9 Å². The molecule has 2 aromatic rings. The summed E-state index contributed by atoms with van der Waals surface area (Å²) >= 11 is 9.81. The van der Waals surface area contributed by atoms with Crippen LogP contribution >= 0.6 is 35.1 Å². The van der Waals surface area contributed by atoms with Crippen LogP contribution in [0.15, 0.2) is 48.5 Å². The highest BCUT2D eigenvalue weighted by Gasteiger charge is 2.17. The van der Waals surface area contributed by atoms with E-state index >= 15 is 0 Å². The molecule has 0 atom stereocenters. The third-order valence-electron chi connectivity index (χ3n) is 4.09. The zero-order valence-electron chi connectivity index (χ0n) is 15.2. The summed E-state index contributed by atoms with van der Waals surface area (Å²) < 4.78 is 6.10. The molecule has 0 aliphatic carbocycles. The molecule has 3 rings (SSSR count). The van der Waals surface area contributed by atoms with E-state index in [1.807, 2.05) is 47.8 Å². The van der Waals surface area contributed by atoms with Gasteiger partial charge in [0.25, 0.3) is 0 Å². The fourth-order valence-electron chi connectivity index (χ4n) is 2.59. The number of amides is 2. The Labute approximate surface area is 174 Å². The second-order valence-corrected chi connectivity index (χ2v) is 9.37. The number of nitrogens with one attached hydrogen (secondary N) is 1. The molecule has 0 aromatic heterocycles. The van der Waals surface area contributed by atoms with Gasteiger partial charge in [-0.15, -0.1) is 23.5 Å². The van der Waals surface area contributed by atoms with Gasteiger partial charge >= 0.3 is 6.03 Å². The average Bonchev–Trinajstić information content (AvgIpc) is 2.70. The number of likely N-dealkylation sites (N-methyl/N-ethyl adjacent to an activating group) is 1. The summed E-state index contributed by atoms with van der Waals surface area (Å²) in [7, 11) is 1.76. The average molecular weight is 423 g/mol. The minimum Gasteiger partial charge on any atom is -0.492 e. The molecule has 0 spiro atoms. The van der Waals surface area contributed by atoms with Crippen molar-refractivity contribution in [3.05, 3.63) is 59.1 Å². The first-order chi connectivity index (χ1) is 13.1. The Morgan fingerprint density at radius 1 is 1.22 bits per heavy atom. The number of rotatable bonds is 6. The van der Waals surface area contributed by atoms with Crippen molar-refractivity contribution in [2.75, 3.05) is 37.0 Å². The molecule has 2 amide bonds. The molecule has 0 bridgehead atoms. The standard InChI is InChI=1S/C20H23ClN2O2S2/c1-23(10-11-25-18-8-6-16(21)7-9-18)20(24)22-17-5-2-4-15(14-17)19-26-12-3-13-27-19/h2,4-9,14,19H,3,10-13H2,1H3,(H,22,24). The van der Waals surface area contributed by atoms with Gasteiger partial charge in [-0.3, -0.25) is 0 Å². The van der Waals surface area contributed by atoms with Gasteiger partial charge in [0.15, 0.2) is 0 Å². The molecule has 7 heteroatoms. The van der Waals surface area contributed by atoms with Crippen LogP contribution in [0.1, 0.15) is 16.6 Å². The molecule has 0 unspecified atom stereocenters. The molecule has 2 aromatic carbocycles. The lowest BCUT2D eigenvalue weighted by Crippen LogP contribution is -2.34. The molecular weight excluding hydrogens is 400 g/mol. The molecule has 144 valence electrons. The van der Waals surface area contributed by atoms with E-state index in [-0.39, 0.29) is 6.03 Å². The molecule has 1 heterocycles. The molecular formula is C20H23ClN2O2S2. The molecule has 1 saturated heterocycles. The Morgan fingerprint density at radius 2 is 1.96 bits per heavy atom. The molecule has 1 aliphatic heterocycles. The summed E-state index contributed by atoms with van der Waals surface area (Å²) in [4.78, 5) is 14.0. The number of thioether (sulfide) groups is 2. The van der Waals surface area contributed by atoms with Crippen LogP contribution in [-0.2, 0) is 0 Å². The Morgan fingerprint density at radius 3 is 2.70 bits per heavy atom. The zero-order chi connectivity index (χ0) is 19.1. The first-order valence-corrected chi connectivity index (χ1v) is 11.3. The number of ether oxygens (including phenoxy) is 1. The number of halogens is 1. The lowest BCUT2D eigenvalue weighted by molar-refractivity contribution is 0.207. The number of anilines is 1. The summed E-state index contributed by atoms with van der Waals surface area (Å²) in [5.41, 5.74) is 2.09.